The van der Waals surface area contributed by atoms with E-state index in [0.29, 0.717) is 18.3 Å². The molecule has 3 heterocycles. The highest BCUT2D eigenvalue weighted by Crippen LogP contribution is 2.29. The number of piperidine rings is 1. The van der Waals surface area contributed by atoms with E-state index in [1.807, 2.05) is 13.1 Å². The molecule has 1 aromatic rings. The Hall–Kier alpha value is -2.01. The molecule has 2 fully saturated rings. The first-order valence-corrected chi connectivity index (χ1v) is 10.8. The topological polar surface area (TPSA) is 128 Å². The first-order chi connectivity index (χ1) is 14.4. The maximum absolute atomic E-state index is 13.2. The van der Waals surface area contributed by atoms with Crippen LogP contribution in [-0.4, -0.2) is 72.8 Å². The number of pyridine rings is 1. The quantitative estimate of drug-likeness (QED) is 0.361. The van der Waals surface area contributed by atoms with Crippen LogP contribution in [0.4, 0.5) is 11.4 Å². The average Bonchev–Trinajstić information content (AvgIpc) is 2.75. The lowest BCUT2D eigenvalue weighted by molar-refractivity contribution is -0.123. The molecule has 11 heteroatoms. The van der Waals surface area contributed by atoms with Crippen molar-refractivity contribution in [2.75, 3.05) is 43.4 Å². The van der Waals surface area contributed by atoms with Gasteiger partial charge in [-0.05, 0) is 32.9 Å². The van der Waals surface area contributed by atoms with E-state index in [2.05, 4.69) is 31.1 Å². The minimum atomic E-state index is -0.699. The molecular weight excluding hydrogens is 408 g/mol. The fraction of sp³-hybridized carbons (Fsp3) is 0.684. The minimum absolute atomic E-state index is 0.262. The fourth-order valence-corrected chi connectivity index (χ4v) is 4.42. The van der Waals surface area contributed by atoms with Crippen molar-refractivity contribution in [1.82, 2.24) is 20.6 Å². The zero-order chi connectivity index (χ0) is 21.7. The molecule has 4 atom stereocenters. The summed E-state index contributed by atoms with van der Waals surface area (Å²) in [6.07, 6.45) is 4.80. The largest absolute Gasteiger partial charge is 0.370 e. The second-order valence-electron chi connectivity index (χ2n) is 7.97. The van der Waals surface area contributed by atoms with Crippen LogP contribution >= 0.6 is 11.6 Å². The highest BCUT2D eigenvalue weighted by molar-refractivity contribution is 6.21. The third-order valence-electron chi connectivity index (χ3n) is 5.87. The number of nitrogens with one attached hydrogen (secondary N) is 3. The zero-order valence-electron chi connectivity index (χ0n) is 17.4. The number of hydrogen-bond donors (Lipinski definition) is 4. The van der Waals surface area contributed by atoms with E-state index in [1.54, 1.807) is 19.3 Å². The van der Waals surface area contributed by atoms with E-state index >= 15 is 0 Å². The van der Waals surface area contributed by atoms with Crippen LogP contribution in [0.5, 0.6) is 0 Å². The summed E-state index contributed by atoms with van der Waals surface area (Å²) in [6, 6.07) is 1.91. The lowest BCUT2D eigenvalue weighted by Crippen LogP contribution is -2.62. The highest BCUT2D eigenvalue weighted by Gasteiger charge is 2.39. The second kappa shape index (κ2) is 10.3. The summed E-state index contributed by atoms with van der Waals surface area (Å²) in [5.74, 6) is -0.988. The lowest BCUT2D eigenvalue weighted by Gasteiger charge is -2.39. The van der Waals surface area contributed by atoms with Gasteiger partial charge in [-0.1, -0.05) is 0 Å². The highest BCUT2D eigenvalue weighted by atomic mass is 35.5. The molecule has 166 valence electrons. The van der Waals surface area contributed by atoms with Crippen LogP contribution in [0.3, 0.4) is 0 Å². The van der Waals surface area contributed by atoms with Crippen LogP contribution in [0.25, 0.3) is 0 Å². The van der Waals surface area contributed by atoms with Crippen molar-refractivity contribution in [2.24, 2.45) is 16.9 Å². The van der Waals surface area contributed by atoms with Gasteiger partial charge in [0, 0.05) is 37.9 Å². The Morgan fingerprint density at radius 3 is 2.80 bits per heavy atom. The van der Waals surface area contributed by atoms with E-state index in [1.165, 1.54) is 5.01 Å². The molecule has 10 nitrogen and oxygen atoms in total. The number of hydrogen-bond acceptors (Lipinski definition) is 8. The van der Waals surface area contributed by atoms with Crippen LogP contribution in [0.2, 0.25) is 0 Å². The van der Waals surface area contributed by atoms with Crippen molar-refractivity contribution in [2.45, 2.75) is 43.4 Å². The van der Waals surface area contributed by atoms with Gasteiger partial charge in [0.1, 0.15) is 6.17 Å². The number of carbonyl (C=O) groups is 1. The van der Waals surface area contributed by atoms with Gasteiger partial charge >= 0.3 is 0 Å². The molecule has 2 aliphatic heterocycles. The summed E-state index contributed by atoms with van der Waals surface area (Å²) < 4.78 is 0. The van der Waals surface area contributed by atoms with Crippen molar-refractivity contribution >= 4 is 28.9 Å². The molecule has 1 amide bonds. The van der Waals surface area contributed by atoms with E-state index in [-0.39, 0.29) is 17.8 Å². The van der Waals surface area contributed by atoms with E-state index in [4.69, 9.17) is 17.3 Å². The molecule has 0 radical (unpaired) electrons. The Kier molecular flexibility index (Phi) is 7.81. The lowest BCUT2D eigenvalue weighted by atomic mass is 9.95. The van der Waals surface area contributed by atoms with Crippen LogP contribution in [0.1, 0.15) is 19.8 Å². The van der Waals surface area contributed by atoms with E-state index in [0.717, 1.165) is 31.6 Å². The Morgan fingerprint density at radius 1 is 1.43 bits per heavy atom. The molecule has 0 spiro atoms. The Bertz CT molecular complexity index is 728. The number of rotatable bonds is 7. The van der Waals surface area contributed by atoms with E-state index in [9.17, 15) is 9.70 Å². The zero-order valence-corrected chi connectivity index (χ0v) is 18.2. The summed E-state index contributed by atoms with van der Waals surface area (Å²) in [5.41, 5.74) is 7.71. The van der Waals surface area contributed by atoms with Gasteiger partial charge in [0.05, 0.1) is 40.7 Å². The first kappa shape index (κ1) is 22.7. The third kappa shape index (κ3) is 5.18. The second-order valence-corrected chi connectivity index (χ2v) is 8.59. The molecular formula is C19H31ClN8O2. The van der Waals surface area contributed by atoms with E-state index < -0.39 is 18.1 Å². The van der Waals surface area contributed by atoms with Crippen LogP contribution in [0.15, 0.2) is 23.7 Å². The van der Waals surface area contributed by atoms with Crippen molar-refractivity contribution in [3.63, 3.8) is 0 Å². The van der Waals surface area contributed by atoms with Gasteiger partial charge in [0.25, 0.3) is 0 Å². The van der Waals surface area contributed by atoms with Crippen LogP contribution in [-0.2, 0) is 4.79 Å². The standard InChI is InChI=1S/C19H31ClN8O2/c1-12(21)17(18-24-9-13(20)11-28(18)26-30)19(29)25-15-10-23-6-3-16(15)27-7-4-14(22-2)5-8-27/h3,6,10,12-14,17-18,22,24H,4-5,7-9,11,21H2,1-2H3,(H,25,29). The number of nitrogens with zero attached hydrogens (tertiary/aromatic N) is 4. The van der Waals surface area contributed by atoms with Gasteiger partial charge in [-0.2, -0.15) is 0 Å². The smallest absolute Gasteiger partial charge is 0.232 e. The summed E-state index contributed by atoms with van der Waals surface area (Å²) in [5, 5.41) is 13.5. The molecule has 0 aromatic carbocycles. The van der Waals surface area contributed by atoms with Gasteiger partial charge in [-0.3, -0.25) is 15.1 Å². The number of alkyl halides is 1. The molecule has 2 saturated heterocycles. The molecule has 5 N–H and O–H groups in total. The van der Waals surface area contributed by atoms with Gasteiger partial charge in [0.15, 0.2) is 0 Å². The molecule has 2 aliphatic rings. The maximum Gasteiger partial charge on any atom is 0.232 e. The maximum atomic E-state index is 13.2. The number of nitrogens with two attached hydrogens (primary N) is 1. The summed E-state index contributed by atoms with van der Waals surface area (Å²) in [6.45, 7) is 4.25. The summed E-state index contributed by atoms with van der Waals surface area (Å²) in [4.78, 5) is 31.0. The minimum Gasteiger partial charge on any atom is -0.370 e. The number of halogens is 1. The van der Waals surface area contributed by atoms with Gasteiger partial charge < -0.3 is 21.3 Å². The molecule has 4 unspecified atom stereocenters. The van der Waals surface area contributed by atoms with Crippen molar-refractivity contribution in [1.29, 1.82) is 0 Å². The Balaban J connectivity index is 1.76. The number of nitroso groups, excluding NO2 is 1. The van der Waals surface area contributed by atoms with Gasteiger partial charge in [-0.15, -0.1) is 16.5 Å². The van der Waals surface area contributed by atoms with Crippen LogP contribution in [0, 0.1) is 10.8 Å². The average molecular weight is 439 g/mol. The number of aromatic nitrogens is 1. The fourth-order valence-electron chi connectivity index (χ4n) is 4.19. The Morgan fingerprint density at radius 2 is 2.17 bits per heavy atom. The van der Waals surface area contributed by atoms with Crippen molar-refractivity contribution in [3.8, 4) is 0 Å². The number of amides is 1. The monoisotopic (exact) mass is 438 g/mol. The number of carbonyl (C=O) groups excluding carboxylic acids is 1. The van der Waals surface area contributed by atoms with Crippen molar-refractivity contribution < 1.29 is 4.79 Å². The van der Waals surface area contributed by atoms with Crippen LogP contribution < -0.4 is 26.6 Å². The molecule has 0 saturated carbocycles. The summed E-state index contributed by atoms with van der Waals surface area (Å²) >= 11 is 6.12. The van der Waals surface area contributed by atoms with Crippen molar-refractivity contribution in [3.05, 3.63) is 23.4 Å². The Labute approximate surface area is 181 Å². The SMILES string of the molecule is CNC1CCN(c2ccncc2NC(=O)C(C(C)N)C2NCC(Cl)CN2N=O)CC1. The molecule has 3 rings (SSSR count). The predicted molar refractivity (Wildman–Crippen MR) is 118 cm³/mol. The molecule has 0 bridgehead atoms. The summed E-state index contributed by atoms with van der Waals surface area (Å²) in [7, 11) is 1.98. The van der Waals surface area contributed by atoms with Gasteiger partial charge in [-0.25, -0.2) is 5.01 Å². The molecule has 0 aliphatic carbocycles. The predicted octanol–water partition coefficient (Wildman–Crippen LogP) is 0.692. The third-order valence-corrected chi connectivity index (χ3v) is 6.16. The normalized spacial score (nSPS) is 24.9. The van der Waals surface area contributed by atoms with Gasteiger partial charge in [0.2, 0.25) is 5.91 Å². The molecule has 1 aromatic heterocycles. The number of anilines is 2. The molecule has 30 heavy (non-hydrogen) atoms. The first-order valence-electron chi connectivity index (χ1n) is 10.3.